The number of benzene rings is 1. The summed E-state index contributed by atoms with van der Waals surface area (Å²) in [4.78, 5) is 15.2. The lowest BCUT2D eigenvalue weighted by molar-refractivity contribution is 0.0697. The maximum Gasteiger partial charge on any atom is 0.335 e. The Morgan fingerprint density at radius 3 is 3.00 bits per heavy atom. The van der Waals surface area contributed by atoms with Crippen LogP contribution in [-0.2, 0) is 0 Å². The number of oxazole rings is 1. The minimum absolute atomic E-state index is 0.213. The number of hydrogen-bond donors (Lipinski definition) is 2. The molecule has 1 aromatic carbocycles. The van der Waals surface area contributed by atoms with E-state index < -0.39 is 5.97 Å². The minimum atomic E-state index is -0.961. The molecule has 1 heterocycles. The molecule has 0 bridgehead atoms. The van der Waals surface area contributed by atoms with Crippen LogP contribution in [0.4, 0.5) is 6.01 Å². The van der Waals surface area contributed by atoms with Crippen LogP contribution in [0.5, 0.6) is 0 Å². The number of nitrogens with one attached hydrogen (secondary N) is 1. The van der Waals surface area contributed by atoms with Gasteiger partial charge in [-0.1, -0.05) is 6.92 Å². The SMILES string of the molecule is CC1CCC(Nc2nc3ccc(C(=O)O)cc3o2)C1. The van der Waals surface area contributed by atoms with Crippen molar-refractivity contribution in [3.8, 4) is 0 Å². The zero-order valence-corrected chi connectivity index (χ0v) is 10.7. The number of rotatable bonds is 3. The second kappa shape index (κ2) is 4.57. The van der Waals surface area contributed by atoms with Crippen molar-refractivity contribution in [1.29, 1.82) is 0 Å². The van der Waals surface area contributed by atoms with Crippen LogP contribution in [0.2, 0.25) is 0 Å². The lowest BCUT2D eigenvalue weighted by atomic mass is 10.1. The Morgan fingerprint density at radius 2 is 2.32 bits per heavy atom. The highest BCUT2D eigenvalue weighted by molar-refractivity contribution is 5.92. The van der Waals surface area contributed by atoms with Crippen LogP contribution >= 0.6 is 0 Å². The molecule has 2 atom stereocenters. The van der Waals surface area contributed by atoms with Gasteiger partial charge in [-0.05, 0) is 43.4 Å². The predicted octanol–water partition coefficient (Wildman–Crippen LogP) is 3.13. The Balaban J connectivity index is 1.83. The molecule has 2 unspecified atom stereocenters. The van der Waals surface area contributed by atoms with E-state index in [-0.39, 0.29) is 5.56 Å². The molecule has 0 radical (unpaired) electrons. The zero-order chi connectivity index (χ0) is 13.4. The molecule has 1 saturated carbocycles. The van der Waals surface area contributed by atoms with Gasteiger partial charge in [0.05, 0.1) is 5.56 Å². The molecular formula is C14H16N2O3. The Morgan fingerprint density at radius 1 is 1.47 bits per heavy atom. The molecule has 0 amide bonds. The van der Waals surface area contributed by atoms with Crippen LogP contribution in [0.1, 0.15) is 36.5 Å². The summed E-state index contributed by atoms with van der Waals surface area (Å²) in [5, 5.41) is 12.2. The first-order valence-corrected chi connectivity index (χ1v) is 6.52. The molecule has 2 N–H and O–H groups in total. The topological polar surface area (TPSA) is 75.4 Å². The van der Waals surface area contributed by atoms with Gasteiger partial charge < -0.3 is 14.8 Å². The van der Waals surface area contributed by atoms with Crippen molar-refractivity contribution in [3.63, 3.8) is 0 Å². The van der Waals surface area contributed by atoms with Crippen molar-refractivity contribution in [2.75, 3.05) is 5.32 Å². The van der Waals surface area contributed by atoms with E-state index in [4.69, 9.17) is 9.52 Å². The number of nitrogens with zero attached hydrogens (tertiary/aromatic N) is 1. The number of aromatic carboxylic acids is 1. The molecule has 1 aliphatic rings. The summed E-state index contributed by atoms with van der Waals surface area (Å²) in [6.07, 6.45) is 3.47. The second-order valence-electron chi connectivity index (χ2n) is 5.27. The van der Waals surface area contributed by atoms with Crippen LogP contribution in [0.15, 0.2) is 22.6 Å². The van der Waals surface area contributed by atoms with Gasteiger partial charge in [-0.25, -0.2) is 4.79 Å². The average Bonchev–Trinajstić information content (AvgIpc) is 2.94. The van der Waals surface area contributed by atoms with Crippen molar-refractivity contribution in [2.24, 2.45) is 5.92 Å². The van der Waals surface area contributed by atoms with E-state index in [1.54, 1.807) is 6.07 Å². The highest BCUT2D eigenvalue weighted by Crippen LogP contribution is 2.28. The van der Waals surface area contributed by atoms with E-state index >= 15 is 0 Å². The lowest BCUT2D eigenvalue weighted by Crippen LogP contribution is -2.15. The Labute approximate surface area is 110 Å². The zero-order valence-electron chi connectivity index (χ0n) is 10.7. The van der Waals surface area contributed by atoms with Crippen molar-refractivity contribution >= 4 is 23.1 Å². The predicted molar refractivity (Wildman–Crippen MR) is 71.4 cm³/mol. The van der Waals surface area contributed by atoms with Crippen LogP contribution in [0.3, 0.4) is 0 Å². The Kier molecular flexibility index (Phi) is 2.89. The summed E-state index contributed by atoms with van der Waals surface area (Å²) in [6, 6.07) is 5.60. The third kappa shape index (κ3) is 2.41. The van der Waals surface area contributed by atoms with Gasteiger partial charge in [0.2, 0.25) is 0 Å². The monoisotopic (exact) mass is 260 g/mol. The van der Waals surface area contributed by atoms with E-state index in [2.05, 4.69) is 17.2 Å². The molecule has 0 saturated heterocycles. The summed E-state index contributed by atoms with van der Waals surface area (Å²) >= 11 is 0. The first-order chi connectivity index (χ1) is 9.11. The van der Waals surface area contributed by atoms with E-state index in [0.717, 1.165) is 18.8 Å². The largest absolute Gasteiger partial charge is 0.478 e. The number of fused-ring (bicyclic) bond motifs is 1. The van der Waals surface area contributed by atoms with Crippen LogP contribution in [0, 0.1) is 5.92 Å². The molecule has 1 aromatic heterocycles. The van der Waals surface area contributed by atoms with E-state index in [1.807, 2.05) is 0 Å². The van der Waals surface area contributed by atoms with E-state index in [9.17, 15) is 4.79 Å². The lowest BCUT2D eigenvalue weighted by Gasteiger charge is -2.09. The van der Waals surface area contributed by atoms with Crippen molar-refractivity contribution in [3.05, 3.63) is 23.8 Å². The normalized spacial score (nSPS) is 22.8. The Bertz CT molecular complexity index is 620. The number of hydrogen-bond acceptors (Lipinski definition) is 4. The van der Waals surface area contributed by atoms with Gasteiger partial charge in [0.1, 0.15) is 5.52 Å². The molecule has 5 heteroatoms. The van der Waals surface area contributed by atoms with Gasteiger partial charge in [0, 0.05) is 6.04 Å². The van der Waals surface area contributed by atoms with Gasteiger partial charge in [0.15, 0.2) is 5.58 Å². The maximum atomic E-state index is 10.9. The summed E-state index contributed by atoms with van der Waals surface area (Å²) in [6.45, 7) is 2.24. The fourth-order valence-electron chi connectivity index (χ4n) is 2.63. The summed E-state index contributed by atoms with van der Waals surface area (Å²) in [5.74, 6) is -0.224. The molecule has 100 valence electrons. The number of aromatic nitrogens is 1. The van der Waals surface area contributed by atoms with E-state index in [0.29, 0.717) is 23.2 Å². The number of carbonyl (C=O) groups is 1. The van der Waals surface area contributed by atoms with Crippen molar-refractivity contribution < 1.29 is 14.3 Å². The molecule has 0 aliphatic heterocycles. The summed E-state index contributed by atoms with van der Waals surface area (Å²) < 4.78 is 5.57. The highest BCUT2D eigenvalue weighted by Gasteiger charge is 2.22. The molecular weight excluding hydrogens is 244 g/mol. The van der Waals surface area contributed by atoms with Crippen molar-refractivity contribution in [2.45, 2.75) is 32.2 Å². The van der Waals surface area contributed by atoms with Crippen LogP contribution in [-0.4, -0.2) is 22.1 Å². The van der Waals surface area contributed by atoms with E-state index in [1.165, 1.54) is 18.6 Å². The maximum absolute atomic E-state index is 10.9. The van der Waals surface area contributed by atoms with Crippen molar-refractivity contribution in [1.82, 2.24) is 4.98 Å². The van der Waals surface area contributed by atoms with Gasteiger partial charge in [-0.3, -0.25) is 0 Å². The fraction of sp³-hybridized carbons (Fsp3) is 0.429. The third-order valence-electron chi connectivity index (χ3n) is 3.66. The summed E-state index contributed by atoms with van der Waals surface area (Å²) in [7, 11) is 0. The Hall–Kier alpha value is -2.04. The van der Waals surface area contributed by atoms with Gasteiger partial charge in [-0.15, -0.1) is 0 Å². The van der Waals surface area contributed by atoms with Gasteiger partial charge in [-0.2, -0.15) is 4.98 Å². The van der Waals surface area contributed by atoms with Gasteiger partial charge in [0.25, 0.3) is 6.01 Å². The van der Waals surface area contributed by atoms with Gasteiger partial charge >= 0.3 is 5.97 Å². The minimum Gasteiger partial charge on any atom is -0.478 e. The van der Waals surface area contributed by atoms with Crippen LogP contribution < -0.4 is 5.32 Å². The molecule has 1 aliphatic carbocycles. The second-order valence-corrected chi connectivity index (χ2v) is 5.27. The number of anilines is 1. The molecule has 5 nitrogen and oxygen atoms in total. The highest BCUT2D eigenvalue weighted by atomic mass is 16.4. The van der Waals surface area contributed by atoms with Crippen LogP contribution in [0.25, 0.3) is 11.1 Å². The first-order valence-electron chi connectivity index (χ1n) is 6.52. The molecule has 19 heavy (non-hydrogen) atoms. The average molecular weight is 260 g/mol. The molecule has 2 aromatic rings. The third-order valence-corrected chi connectivity index (χ3v) is 3.66. The standard InChI is InChI=1S/C14H16N2O3/c1-8-2-4-10(6-8)15-14-16-11-5-3-9(13(17)18)7-12(11)19-14/h3,5,7-8,10H,2,4,6H2,1H3,(H,15,16)(H,17,18). The number of carboxylic acid groups (broad SMARTS) is 1. The fourth-order valence-corrected chi connectivity index (χ4v) is 2.63. The number of carboxylic acids is 1. The molecule has 3 rings (SSSR count). The quantitative estimate of drug-likeness (QED) is 0.886. The summed E-state index contributed by atoms with van der Waals surface area (Å²) in [5.41, 5.74) is 1.40. The molecule has 0 spiro atoms. The molecule has 1 fully saturated rings. The first kappa shape index (κ1) is 12.0. The smallest absolute Gasteiger partial charge is 0.335 e.